The molecule has 0 bridgehead atoms. The van der Waals surface area contributed by atoms with Gasteiger partial charge in [-0.1, -0.05) is 38.5 Å². The van der Waals surface area contributed by atoms with Gasteiger partial charge in [-0.25, -0.2) is 0 Å². The molecule has 0 amide bonds. The summed E-state index contributed by atoms with van der Waals surface area (Å²) in [7, 11) is 0. The van der Waals surface area contributed by atoms with Gasteiger partial charge in [-0.15, -0.1) is 11.3 Å². The first-order valence-corrected chi connectivity index (χ1v) is 8.42. The zero-order chi connectivity index (χ0) is 14.3. The lowest BCUT2D eigenvalue weighted by atomic mass is 9.89. The lowest BCUT2D eigenvalue weighted by molar-refractivity contribution is 0.903. The van der Waals surface area contributed by atoms with Crippen molar-refractivity contribution in [3.63, 3.8) is 0 Å². The third-order valence-corrected chi connectivity index (χ3v) is 5.76. The van der Waals surface area contributed by atoms with Crippen LogP contribution in [0, 0.1) is 13.8 Å². The second-order valence-corrected chi connectivity index (χ2v) is 6.67. The topological polar surface area (TPSA) is 0 Å². The number of hydrogen-bond donors (Lipinski definition) is 0. The fraction of sp³-hybridized carbons (Fsp3) is 0.368. The highest BCUT2D eigenvalue weighted by Crippen LogP contribution is 2.41. The molecule has 0 radical (unpaired) electrons. The van der Waals surface area contributed by atoms with E-state index in [1.807, 2.05) is 11.3 Å². The summed E-state index contributed by atoms with van der Waals surface area (Å²) in [6.07, 6.45) is 3.55. The zero-order valence-corrected chi connectivity index (χ0v) is 13.7. The van der Waals surface area contributed by atoms with Gasteiger partial charge in [0.25, 0.3) is 0 Å². The fourth-order valence-electron chi connectivity index (χ4n) is 3.39. The van der Waals surface area contributed by atoms with Crippen LogP contribution in [-0.4, -0.2) is 0 Å². The molecule has 2 aromatic carbocycles. The highest BCUT2D eigenvalue weighted by Gasteiger charge is 2.17. The van der Waals surface area contributed by atoms with E-state index in [1.165, 1.54) is 44.1 Å². The first-order valence-electron chi connectivity index (χ1n) is 7.61. The predicted octanol–water partition coefficient (Wildman–Crippen LogP) is 6.19. The van der Waals surface area contributed by atoms with Crippen LogP contribution in [0.2, 0.25) is 0 Å². The Balaban J connectivity index is 2.54. The van der Waals surface area contributed by atoms with Gasteiger partial charge in [0.1, 0.15) is 0 Å². The third-order valence-electron chi connectivity index (χ3n) is 4.47. The molecule has 0 nitrogen and oxygen atoms in total. The molecule has 0 saturated heterocycles. The van der Waals surface area contributed by atoms with Crippen molar-refractivity contribution in [1.29, 1.82) is 0 Å². The normalized spacial score (nSPS) is 11.6. The maximum Gasteiger partial charge on any atom is 0.0390 e. The highest BCUT2D eigenvalue weighted by atomic mass is 32.1. The summed E-state index contributed by atoms with van der Waals surface area (Å²) in [5.74, 6) is 0. The van der Waals surface area contributed by atoms with Gasteiger partial charge in [-0.2, -0.15) is 0 Å². The van der Waals surface area contributed by atoms with E-state index in [2.05, 4.69) is 52.0 Å². The maximum atomic E-state index is 2.30. The molecule has 1 aromatic heterocycles. The number of thiophene rings is 1. The smallest absolute Gasteiger partial charge is 0.0390 e. The molecule has 0 N–H and O–H groups in total. The van der Waals surface area contributed by atoms with Crippen LogP contribution in [0.25, 0.3) is 20.2 Å². The van der Waals surface area contributed by atoms with Crippen molar-refractivity contribution in [2.45, 2.75) is 47.0 Å². The predicted molar refractivity (Wildman–Crippen MR) is 92.2 cm³/mol. The molecule has 0 saturated carbocycles. The van der Waals surface area contributed by atoms with E-state index in [4.69, 9.17) is 0 Å². The number of benzene rings is 2. The standard InChI is InChI=1S/C19H22S/c1-5-9-15-14(6-2)12(3)13(4)19-18(15)16-10-7-8-11-17(16)20-19/h7-8,10-11H,5-6,9H2,1-4H3. The first kappa shape index (κ1) is 13.6. The largest absolute Gasteiger partial charge is 0.135 e. The van der Waals surface area contributed by atoms with E-state index in [0.717, 1.165) is 6.42 Å². The van der Waals surface area contributed by atoms with Gasteiger partial charge < -0.3 is 0 Å². The van der Waals surface area contributed by atoms with Gasteiger partial charge in [-0.3, -0.25) is 0 Å². The van der Waals surface area contributed by atoms with Crippen molar-refractivity contribution in [2.75, 3.05) is 0 Å². The first-order chi connectivity index (χ1) is 9.69. The summed E-state index contributed by atoms with van der Waals surface area (Å²) in [4.78, 5) is 0. The second-order valence-electron chi connectivity index (χ2n) is 5.61. The van der Waals surface area contributed by atoms with Crippen molar-refractivity contribution >= 4 is 31.5 Å². The molecule has 1 heteroatoms. The lowest BCUT2D eigenvalue weighted by Gasteiger charge is -2.16. The molecule has 0 fully saturated rings. The molecule has 1 heterocycles. The van der Waals surface area contributed by atoms with E-state index in [1.54, 1.807) is 11.1 Å². The lowest BCUT2D eigenvalue weighted by Crippen LogP contribution is -1.99. The van der Waals surface area contributed by atoms with Crippen LogP contribution in [0.15, 0.2) is 24.3 Å². The molecule has 0 atom stereocenters. The quantitative estimate of drug-likeness (QED) is 0.537. The maximum absolute atomic E-state index is 2.30. The minimum atomic E-state index is 1.14. The summed E-state index contributed by atoms with van der Waals surface area (Å²) in [6, 6.07) is 8.88. The van der Waals surface area contributed by atoms with Crippen molar-refractivity contribution in [1.82, 2.24) is 0 Å². The van der Waals surface area contributed by atoms with Crippen LogP contribution in [0.1, 0.15) is 42.5 Å². The Morgan fingerprint density at radius 1 is 0.950 bits per heavy atom. The highest BCUT2D eigenvalue weighted by molar-refractivity contribution is 7.26. The molecule has 3 rings (SSSR count). The van der Waals surface area contributed by atoms with E-state index < -0.39 is 0 Å². The number of fused-ring (bicyclic) bond motifs is 3. The molecule has 0 unspecified atom stereocenters. The average molecular weight is 282 g/mol. The Kier molecular flexibility index (Phi) is 3.55. The molecule has 0 aliphatic heterocycles. The van der Waals surface area contributed by atoms with Gasteiger partial charge in [0.15, 0.2) is 0 Å². The van der Waals surface area contributed by atoms with Gasteiger partial charge >= 0.3 is 0 Å². The van der Waals surface area contributed by atoms with Gasteiger partial charge in [0.2, 0.25) is 0 Å². The van der Waals surface area contributed by atoms with Crippen LogP contribution in [-0.2, 0) is 12.8 Å². The van der Waals surface area contributed by atoms with Gasteiger partial charge in [0.05, 0.1) is 0 Å². The van der Waals surface area contributed by atoms with E-state index in [0.29, 0.717) is 0 Å². The van der Waals surface area contributed by atoms with E-state index in [-0.39, 0.29) is 0 Å². The minimum absolute atomic E-state index is 1.14. The van der Waals surface area contributed by atoms with Crippen LogP contribution in [0.5, 0.6) is 0 Å². The summed E-state index contributed by atoms with van der Waals surface area (Å²) in [6.45, 7) is 9.18. The number of rotatable bonds is 3. The molecular formula is C19H22S. The van der Waals surface area contributed by atoms with Gasteiger partial charge in [0, 0.05) is 20.2 Å². The zero-order valence-electron chi connectivity index (χ0n) is 12.8. The van der Waals surface area contributed by atoms with Crippen molar-refractivity contribution in [3.05, 3.63) is 46.5 Å². The Hall–Kier alpha value is -1.34. The molecule has 0 spiro atoms. The Morgan fingerprint density at radius 2 is 1.70 bits per heavy atom. The molecule has 0 aliphatic carbocycles. The summed E-state index contributed by atoms with van der Waals surface area (Å²) in [5.41, 5.74) is 6.18. The minimum Gasteiger partial charge on any atom is -0.135 e. The van der Waals surface area contributed by atoms with Crippen molar-refractivity contribution in [3.8, 4) is 0 Å². The SMILES string of the molecule is CCCc1c(CC)c(C)c(C)c2sc3ccccc3c12. The van der Waals surface area contributed by atoms with E-state index in [9.17, 15) is 0 Å². The fourth-order valence-corrected chi connectivity index (χ4v) is 4.68. The monoisotopic (exact) mass is 282 g/mol. The summed E-state index contributed by atoms with van der Waals surface area (Å²) in [5, 5.41) is 2.99. The molecule has 20 heavy (non-hydrogen) atoms. The molecule has 0 aliphatic rings. The number of hydrogen-bond acceptors (Lipinski definition) is 1. The second kappa shape index (κ2) is 5.21. The Labute approximate surface area is 125 Å². The van der Waals surface area contributed by atoms with Crippen LogP contribution >= 0.6 is 11.3 Å². The van der Waals surface area contributed by atoms with Crippen LogP contribution in [0.4, 0.5) is 0 Å². The Bertz CT molecular complexity index is 777. The molecular weight excluding hydrogens is 260 g/mol. The average Bonchev–Trinajstić information content (AvgIpc) is 2.84. The van der Waals surface area contributed by atoms with Crippen molar-refractivity contribution < 1.29 is 0 Å². The molecule has 3 aromatic rings. The summed E-state index contributed by atoms with van der Waals surface area (Å²) >= 11 is 1.96. The summed E-state index contributed by atoms with van der Waals surface area (Å²) < 4.78 is 2.93. The van der Waals surface area contributed by atoms with Crippen molar-refractivity contribution in [2.24, 2.45) is 0 Å². The van der Waals surface area contributed by atoms with E-state index >= 15 is 0 Å². The Morgan fingerprint density at radius 3 is 2.40 bits per heavy atom. The third kappa shape index (κ3) is 1.88. The van der Waals surface area contributed by atoms with Gasteiger partial charge in [-0.05, 0) is 55.0 Å². The number of aryl methyl sites for hydroxylation is 2. The molecule has 104 valence electrons. The van der Waals surface area contributed by atoms with Crippen LogP contribution in [0.3, 0.4) is 0 Å². The van der Waals surface area contributed by atoms with Crippen LogP contribution < -0.4 is 0 Å².